The lowest BCUT2D eigenvalue weighted by Gasteiger charge is -2.19. The Labute approximate surface area is 159 Å². The lowest BCUT2D eigenvalue weighted by atomic mass is 10.0. The first-order valence-electron chi connectivity index (χ1n) is 8.19. The Kier molecular flexibility index (Phi) is 4.62. The summed E-state index contributed by atoms with van der Waals surface area (Å²) in [5, 5.41) is 19.2. The second-order valence-corrected chi connectivity index (χ2v) is 6.94. The van der Waals surface area contributed by atoms with Gasteiger partial charge in [0.05, 0.1) is 16.8 Å². The van der Waals surface area contributed by atoms with Crippen LogP contribution >= 0.6 is 11.6 Å². The second-order valence-electron chi connectivity index (χ2n) is 6.58. The van der Waals surface area contributed by atoms with Gasteiger partial charge < -0.3 is 5.11 Å². The average molecular weight is 387 g/mol. The van der Waals surface area contributed by atoms with Crippen molar-refractivity contribution in [1.82, 2.24) is 14.5 Å². The molecule has 0 aliphatic heterocycles. The topological polar surface area (TPSA) is 91.8 Å². The van der Waals surface area contributed by atoms with Crippen LogP contribution < -0.4 is 5.56 Å². The van der Waals surface area contributed by atoms with E-state index < -0.39 is 27.8 Å². The summed E-state index contributed by atoms with van der Waals surface area (Å²) in [6.45, 7) is 7.48. The average Bonchev–Trinajstić information content (AvgIpc) is 2.58. The predicted octanol–water partition coefficient (Wildman–Crippen LogP) is 3.89. The fourth-order valence-electron chi connectivity index (χ4n) is 3.11. The van der Waals surface area contributed by atoms with Gasteiger partial charge in [-0.2, -0.15) is 5.26 Å². The highest BCUT2D eigenvalue weighted by Gasteiger charge is 2.24. The van der Waals surface area contributed by atoms with Gasteiger partial charge in [-0.25, -0.2) is 9.37 Å². The quantitative estimate of drug-likeness (QED) is 0.674. The highest BCUT2D eigenvalue weighted by Crippen LogP contribution is 2.32. The second kappa shape index (κ2) is 6.63. The number of aromatic hydroxyl groups is 1. The number of aryl methyl sites for hydroxylation is 2. The molecule has 0 atom stereocenters. The lowest BCUT2D eigenvalue weighted by Crippen LogP contribution is -2.25. The van der Waals surface area contributed by atoms with Crippen LogP contribution in [-0.4, -0.2) is 19.6 Å². The van der Waals surface area contributed by atoms with Crippen molar-refractivity contribution in [3.05, 3.63) is 56.0 Å². The first-order chi connectivity index (χ1) is 12.7. The van der Waals surface area contributed by atoms with Crippen LogP contribution in [0.1, 0.15) is 42.3 Å². The van der Waals surface area contributed by atoms with Crippen LogP contribution in [0.15, 0.2) is 16.9 Å². The summed E-state index contributed by atoms with van der Waals surface area (Å²) >= 11 is 5.83. The Morgan fingerprint density at radius 1 is 1.30 bits per heavy atom. The number of nitrogens with zero attached hydrogens (tertiary/aromatic N) is 4. The third-order valence-electron chi connectivity index (χ3n) is 4.25. The third-order valence-corrected chi connectivity index (χ3v) is 4.52. The molecule has 0 saturated carbocycles. The highest BCUT2D eigenvalue weighted by atomic mass is 35.5. The van der Waals surface area contributed by atoms with E-state index in [0.29, 0.717) is 11.4 Å². The maximum absolute atomic E-state index is 14.0. The molecule has 0 spiro atoms. The molecule has 0 aliphatic rings. The van der Waals surface area contributed by atoms with Crippen molar-refractivity contribution in [2.45, 2.75) is 33.6 Å². The number of nitriles is 1. The first kappa shape index (κ1) is 18.8. The minimum atomic E-state index is -0.864. The number of hydrogen-bond donors (Lipinski definition) is 1. The molecule has 3 aromatic rings. The number of fused-ring (bicyclic) bond motifs is 1. The van der Waals surface area contributed by atoms with Gasteiger partial charge in [-0.05, 0) is 37.5 Å². The van der Waals surface area contributed by atoms with E-state index in [0.717, 1.165) is 17.3 Å². The molecule has 3 heterocycles. The van der Waals surface area contributed by atoms with Crippen molar-refractivity contribution in [2.24, 2.45) is 0 Å². The Hall–Kier alpha value is -2.98. The van der Waals surface area contributed by atoms with Crippen LogP contribution in [0.25, 0.3) is 16.7 Å². The van der Waals surface area contributed by atoms with E-state index in [2.05, 4.69) is 9.97 Å². The maximum atomic E-state index is 14.0. The van der Waals surface area contributed by atoms with Gasteiger partial charge >= 0.3 is 0 Å². The summed E-state index contributed by atoms with van der Waals surface area (Å²) in [5.74, 6) is -1.53. The Bertz CT molecular complexity index is 1200. The van der Waals surface area contributed by atoms with E-state index >= 15 is 0 Å². The van der Waals surface area contributed by atoms with Crippen LogP contribution in [0.3, 0.4) is 0 Å². The Morgan fingerprint density at radius 2 is 1.96 bits per heavy atom. The van der Waals surface area contributed by atoms with Gasteiger partial charge in [0.25, 0.3) is 5.56 Å². The predicted molar refractivity (Wildman–Crippen MR) is 100 cm³/mol. The molecular formula is C19H16ClFN4O2. The standard InChI is InChI=1S/C19H16ClFN4O2/c1-8(2)14-15(9(3)5-10(4)23-14)25-18-11(6-13(21)17(20)24-18)16(26)12(7-22)19(25)27/h5-6,8,26H,1-4H3. The molecule has 0 aromatic carbocycles. The number of aromatic nitrogens is 3. The lowest BCUT2D eigenvalue weighted by molar-refractivity contribution is 0.477. The molecule has 138 valence electrons. The molecule has 3 rings (SSSR count). The van der Waals surface area contributed by atoms with Crippen LogP contribution in [-0.2, 0) is 0 Å². The fourth-order valence-corrected chi connectivity index (χ4v) is 3.24. The number of rotatable bonds is 2. The number of halogens is 2. The van der Waals surface area contributed by atoms with Crippen molar-refractivity contribution in [1.29, 1.82) is 5.26 Å². The maximum Gasteiger partial charge on any atom is 0.278 e. The molecule has 0 amide bonds. The molecule has 6 nitrogen and oxygen atoms in total. The third kappa shape index (κ3) is 2.92. The molecule has 0 aliphatic carbocycles. The number of hydrogen-bond acceptors (Lipinski definition) is 5. The van der Waals surface area contributed by atoms with E-state index in [1.54, 1.807) is 19.1 Å². The molecule has 8 heteroatoms. The Morgan fingerprint density at radius 3 is 2.56 bits per heavy atom. The Balaban J connectivity index is 2.64. The summed E-state index contributed by atoms with van der Waals surface area (Å²) in [7, 11) is 0. The summed E-state index contributed by atoms with van der Waals surface area (Å²) in [6, 6.07) is 4.45. The van der Waals surface area contributed by atoms with E-state index in [1.807, 2.05) is 20.8 Å². The van der Waals surface area contributed by atoms with Gasteiger partial charge in [0, 0.05) is 5.69 Å². The van der Waals surface area contributed by atoms with Gasteiger partial charge in [-0.1, -0.05) is 25.4 Å². The molecule has 3 aromatic heterocycles. The molecule has 0 bridgehead atoms. The molecule has 0 saturated heterocycles. The monoisotopic (exact) mass is 386 g/mol. The van der Waals surface area contributed by atoms with Crippen LogP contribution in [0.4, 0.5) is 4.39 Å². The minimum Gasteiger partial charge on any atom is -0.506 e. The van der Waals surface area contributed by atoms with E-state index in [1.165, 1.54) is 4.57 Å². The molecule has 0 fully saturated rings. The van der Waals surface area contributed by atoms with Gasteiger partial charge in [0.1, 0.15) is 11.8 Å². The van der Waals surface area contributed by atoms with Gasteiger partial charge in [-0.15, -0.1) is 0 Å². The van der Waals surface area contributed by atoms with Crippen LogP contribution in [0, 0.1) is 31.0 Å². The minimum absolute atomic E-state index is 0.0430. The largest absolute Gasteiger partial charge is 0.506 e. The van der Waals surface area contributed by atoms with Crippen LogP contribution in [0.5, 0.6) is 5.75 Å². The van der Waals surface area contributed by atoms with Crippen molar-refractivity contribution >= 4 is 22.6 Å². The summed E-state index contributed by atoms with van der Waals surface area (Å²) in [5.41, 5.74) is 1.25. The first-order valence-corrected chi connectivity index (χ1v) is 8.57. The van der Waals surface area contributed by atoms with Crippen molar-refractivity contribution in [3.63, 3.8) is 0 Å². The number of pyridine rings is 3. The van der Waals surface area contributed by atoms with Crippen molar-refractivity contribution < 1.29 is 9.50 Å². The molecule has 27 heavy (non-hydrogen) atoms. The summed E-state index contributed by atoms with van der Waals surface area (Å²) in [6.07, 6.45) is 0. The fraction of sp³-hybridized carbons (Fsp3) is 0.263. The zero-order valence-electron chi connectivity index (χ0n) is 15.1. The molecule has 1 N–H and O–H groups in total. The van der Waals surface area contributed by atoms with Gasteiger partial charge in [0.2, 0.25) is 0 Å². The van der Waals surface area contributed by atoms with Crippen molar-refractivity contribution in [2.75, 3.05) is 0 Å². The normalized spacial score (nSPS) is 11.2. The molecule has 0 unspecified atom stereocenters. The van der Waals surface area contributed by atoms with Gasteiger partial charge in [-0.3, -0.25) is 14.3 Å². The van der Waals surface area contributed by atoms with E-state index in [-0.39, 0.29) is 17.0 Å². The van der Waals surface area contributed by atoms with Crippen LogP contribution in [0.2, 0.25) is 5.15 Å². The zero-order valence-corrected chi connectivity index (χ0v) is 15.9. The van der Waals surface area contributed by atoms with Gasteiger partial charge in [0.15, 0.2) is 22.2 Å². The zero-order chi connectivity index (χ0) is 20.0. The summed E-state index contributed by atoms with van der Waals surface area (Å²) < 4.78 is 15.1. The van der Waals surface area contributed by atoms with Crippen molar-refractivity contribution in [3.8, 4) is 17.5 Å². The SMILES string of the molecule is Cc1cc(C)c(-n2c(=O)c(C#N)c(O)c3cc(F)c(Cl)nc32)c(C(C)C)n1. The van der Waals surface area contributed by atoms with E-state index in [4.69, 9.17) is 11.6 Å². The highest BCUT2D eigenvalue weighted by molar-refractivity contribution is 6.30. The smallest absolute Gasteiger partial charge is 0.278 e. The molecular weight excluding hydrogens is 371 g/mol. The molecule has 0 radical (unpaired) electrons. The van der Waals surface area contributed by atoms with E-state index in [9.17, 15) is 19.6 Å². The summed E-state index contributed by atoms with van der Waals surface area (Å²) in [4.78, 5) is 21.5.